The van der Waals surface area contributed by atoms with Gasteiger partial charge in [-0.2, -0.15) is 0 Å². The van der Waals surface area contributed by atoms with Crippen LogP contribution in [0, 0.1) is 23.6 Å². The SMILES string of the molecule is O=C(c1cc2cccc(F)c2o1)C1C2CCCCC21. The second kappa shape index (κ2) is 3.92. The predicted octanol–water partition coefficient (Wildman–Crippen LogP) is 4.19. The van der Waals surface area contributed by atoms with Gasteiger partial charge in [-0.25, -0.2) is 4.39 Å². The van der Waals surface area contributed by atoms with Gasteiger partial charge in [-0.15, -0.1) is 0 Å². The topological polar surface area (TPSA) is 30.2 Å². The van der Waals surface area contributed by atoms with E-state index in [0.29, 0.717) is 23.0 Å². The number of halogens is 1. The van der Waals surface area contributed by atoms with Crippen LogP contribution in [0.15, 0.2) is 28.7 Å². The molecule has 0 radical (unpaired) electrons. The second-order valence-corrected chi connectivity index (χ2v) is 5.77. The maximum absolute atomic E-state index is 13.6. The maximum Gasteiger partial charge on any atom is 0.201 e. The number of fused-ring (bicyclic) bond motifs is 2. The van der Waals surface area contributed by atoms with E-state index in [1.807, 2.05) is 0 Å². The van der Waals surface area contributed by atoms with Gasteiger partial charge >= 0.3 is 0 Å². The summed E-state index contributed by atoms with van der Waals surface area (Å²) in [6.07, 6.45) is 4.80. The Morgan fingerprint density at radius 1 is 1.21 bits per heavy atom. The highest BCUT2D eigenvalue weighted by Gasteiger charge is 2.55. The van der Waals surface area contributed by atoms with Crippen LogP contribution in [-0.4, -0.2) is 5.78 Å². The molecule has 1 heterocycles. The van der Waals surface area contributed by atoms with E-state index in [-0.39, 0.29) is 17.3 Å². The van der Waals surface area contributed by atoms with Crippen molar-refractivity contribution in [1.29, 1.82) is 0 Å². The lowest BCUT2D eigenvalue weighted by molar-refractivity contribution is 0.0931. The van der Waals surface area contributed by atoms with Crippen LogP contribution >= 0.6 is 0 Å². The summed E-state index contributed by atoms with van der Waals surface area (Å²) in [7, 11) is 0. The Labute approximate surface area is 110 Å². The van der Waals surface area contributed by atoms with Crippen molar-refractivity contribution < 1.29 is 13.6 Å². The zero-order valence-corrected chi connectivity index (χ0v) is 10.6. The molecule has 19 heavy (non-hydrogen) atoms. The first-order valence-corrected chi connectivity index (χ1v) is 6.98. The number of rotatable bonds is 2. The van der Waals surface area contributed by atoms with Gasteiger partial charge in [0.15, 0.2) is 17.2 Å². The van der Waals surface area contributed by atoms with E-state index in [9.17, 15) is 9.18 Å². The van der Waals surface area contributed by atoms with Crippen LogP contribution in [0.25, 0.3) is 11.0 Å². The van der Waals surface area contributed by atoms with Crippen LogP contribution in [0.4, 0.5) is 4.39 Å². The molecular weight excluding hydrogens is 243 g/mol. The third-order valence-electron chi connectivity index (χ3n) is 4.70. The van der Waals surface area contributed by atoms with Crippen LogP contribution in [0.5, 0.6) is 0 Å². The summed E-state index contributed by atoms with van der Waals surface area (Å²) in [5, 5.41) is 0.673. The lowest BCUT2D eigenvalue weighted by Gasteiger charge is -2.04. The fraction of sp³-hybridized carbons (Fsp3) is 0.438. The minimum absolute atomic E-state index is 0.0764. The molecule has 2 aliphatic carbocycles. The fourth-order valence-corrected chi connectivity index (χ4v) is 3.69. The predicted molar refractivity (Wildman–Crippen MR) is 69.4 cm³/mol. The Bertz CT molecular complexity index is 646. The van der Waals surface area contributed by atoms with Crippen molar-refractivity contribution in [2.75, 3.05) is 0 Å². The highest BCUT2D eigenvalue weighted by Crippen LogP contribution is 2.56. The summed E-state index contributed by atoms with van der Waals surface area (Å²) < 4.78 is 19.0. The number of furan rings is 1. The average Bonchev–Trinajstić information content (AvgIpc) is 2.98. The third kappa shape index (κ3) is 1.64. The second-order valence-electron chi connectivity index (χ2n) is 5.77. The zero-order chi connectivity index (χ0) is 13.0. The summed E-state index contributed by atoms with van der Waals surface area (Å²) in [6, 6.07) is 6.46. The Morgan fingerprint density at radius 2 is 1.95 bits per heavy atom. The Kier molecular flexibility index (Phi) is 2.32. The first-order chi connectivity index (χ1) is 9.25. The van der Waals surface area contributed by atoms with Crippen molar-refractivity contribution in [3.05, 3.63) is 35.8 Å². The summed E-state index contributed by atoms with van der Waals surface area (Å²) in [5.41, 5.74) is 0.203. The quantitative estimate of drug-likeness (QED) is 0.756. The van der Waals surface area contributed by atoms with Crippen molar-refractivity contribution in [1.82, 2.24) is 0 Å². The van der Waals surface area contributed by atoms with E-state index in [2.05, 4.69) is 0 Å². The average molecular weight is 258 g/mol. The summed E-state index contributed by atoms with van der Waals surface area (Å²) in [6.45, 7) is 0. The summed E-state index contributed by atoms with van der Waals surface area (Å²) in [5.74, 6) is 1.25. The molecule has 2 nitrogen and oxygen atoms in total. The summed E-state index contributed by atoms with van der Waals surface area (Å²) >= 11 is 0. The van der Waals surface area contributed by atoms with E-state index in [1.165, 1.54) is 18.9 Å². The molecule has 2 fully saturated rings. The van der Waals surface area contributed by atoms with E-state index in [1.54, 1.807) is 18.2 Å². The molecule has 2 unspecified atom stereocenters. The number of para-hydroxylation sites is 1. The minimum Gasteiger partial charge on any atom is -0.450 e. The van der Waals surface area contributed by atoms with Crippen LogP contribution in [0.3, 0.4) is 0 Å². The molecule has 0 bridgehead atoms. The molecule has 0 saturated heterocycles. The fourth-order valence-electron chi connectivity index (χ4n) is 3.69. The molecule has 2 saturated carbocycles. The molecular formula is C16H15FO2. The number of carbonyl (C=O) groups is 1. The molecule has 0 N–H and O–H groups in total. The van der Waals surface area contributed by atoms with Crippen LogP contribution < -0.4 is 0 Å². The lowest BCUT2D eigenvalue weighted by atomic mass is 10.0. The van der Waals surface area contributed by atoms with Gasteiger partial charge in [-0.1, -0.05) is 25.0 Å². The van der Waals surface area contributed by atoms with Gasteiger partial charge in [0.05, 0.1) is 0 Å². The number of benzene rings is 1. The van der Waals surface area contributed by atoms with Gasteiger partial charge < -0.3 is 4.42 Å². The van der Waals surface area contributed by atoms with Crippen molar-refractivity contribution in [2.45, 2.75) is 25.7 Å². The molecule has 0 aliphatic heterocycles. The smallest absolute Gasteiger partial charge is 0.201 e. The van der Waals surface area contributed by atoms with Gasteiger partial charge in [0.2, 0.25) is 5.78 Å². The van der Waals surface area contributed by atoms with E-state index in [4.69, 9.17) is 4.42 Å². The van der Waals surface area contributed by atoms with Crippen molar-refractivity contribution in [3.63, 3.8) is 0 Å². The van der Waals surface area contributed by atoms with Crippen LogP contribution in [0.2, 0.25) is 0 Å². The number of hydrogen-bond donors (Lipinski definition) is 0. The summed E-state index contributed by atoms with van der Waals surface area (Å²) in [4.78, 5) is 12.4. The molecule has 1 aromatic heterocycles. The van der Waals surface area contributed by atoms with E-state index < -0.39 is 5.82 Å². The van der Waals surface area contributed by atoms with E-state index in [0.717, 1.165) is 12.8 Å². The Hall–Kier alpha value is -1.64. The van der Waals surface area contributed by atoms with Gasteiger partial charge in [0.25, 0.3) is 0 Å². The van der Waals surface area contributed by atoms with Crippen molar-refractivity contribution >= 4 is 16.8 Å². The standard InChI is InChI=1S/C16H15FO2/c17-12-7-3-4-9-8-13(19-16(9)12)15(18)14-10-5-1-2-6-11(10)14/h3-4,7-8,10-11,14H,1-2,5-6H2. The van der Waals surface area contributed by atoms with Crippen molar-refractivity contribution in [3.8, 4) is 0 Å². The number of carbonyl (C=O) groups excluding carboxylic acids is 1. The normalized spacial score (nSPS) is 29.2. The molecule has 2 atom stereocenters. The largest absolute Gasteiger partial charge is 0.450 e. The minimum atomic E-state index is -0.398. The molecule has 4 rings (SSSR count). The van der Waals surface area contributed by atoms with E-state index >= 15 is 0 Å². The highest BCUT2D eigenvalue weighted by molar-refractivity contribution is 6.01. The van der Waals surface area contributed by atoms with Gasteiger partial charge in [0.1, 0.15) is 0 Å². The number of hydrogen-bond acceptors (Lipinski definition) is 2. The van der Waals surface area contributed by atoms with Gasteiger partial charge in [-0.3, -0.25) is 4.79 Å². The Morgan fingerprint density at radius 3 is 2.63 bits per heavy atom. The molecule has 1 aromatic carbocycles. The van der Waals surface area contributed by atoms with Crippen LogP contribution in [0.1, 0.15) is 36.2 Å². The maximum atomic E-state index is 13.6. The van der Waals surface area contributed by atoms with Gasteiger partial charge in [-0.05, 0) is 36.8 Å². The number of Topliss-reactive ketones (excluding diaryl/α,β-unsaturated/α-hetero) is 1. The zero-order valence-electron chi connectivity index (χ0n) is 10.6. The molecule has 2 aromatic rings. The monoisotopic (exact) mass is 258 g/mol. The van der Waals surface area contributed by atoms with Crippen LogP contribution in [-0.2, 0) is 0 Å². The highest BCUT2D eigenvalue weighted by atomic mass is 19.1. The first-order valence-electron chi connectivity index (χ1n) is 6.98. The van der Waals surface area contributed by atoms with Crippen molar-refractivity contribution in [2.24, 2.45) is 17.8 Å². The molecule has 0 amide bonds. The Balaban J connectivity index is 1.67. The molecule has 3 heteroatoms. The lowest BCUT2D eigenvalue weighted by Crippen LogP contribution is -2.02. The molecule has 2 aliphatic rings. The van der Waals surface area contributed by atoms with Gasteiger partial charge in [0, 0.05) is 11.3 Å². The molecule has 98 valence electrons. The third-order valence-corrected chi connectivity index (χ3v) is 4.70. The number of ketones is 1. The first kappa shape index (κ1) is 11.2. The molecule has 0 spiro atoms.